The predicted octanol–water partition coefficient (Wildman–Crippen LogP) is 0.403. The fourth-order valence-corrected chi connectivity index (χ4v) is 2.58. The van der Waals surface area contributed by atoms with Crippen LogP contribution in [0.2, 0.25) is 0 Å². The summed E-state index contributed by atoms with van der Waals surface area (Å²) in [6.07, 6.45) is 2.38. The van der Waals surface area contributed by atoms with E-state index in [4.69, 9.17) is 10.3 Å². The summed E-state index contributed by atoms with van der Waals surface area (Å²) in [5, 5.41) is 4.10. The van der Waals surface area contributed by atoms with E-state index in [1.165, 1.54) is 0 Å². The van der Waals surface area contributed by atoms with Gasteiger partial charge in [0.15, 0.2) is 0 Å². The summed E-state index contributed by atoms with van der Waals surface area (Å²) in [4.78, 5) is 17.2. The highest BCUT2D eigenvalue weighted by atomic mass is 16.5. The van der Waals surface area contributed by atoms with Crippen molar-refractivity contribution in [1.29, 1.82) is 0 Å². The first-order valence-electron chi connectivity index (χ1n) is 6.38. The number of nitrogens with two attached hydrogens (primary N) is 1. The molecule has 2 aliphatic rings. The number of carbonyl (C=O) groups excluding carboxylic acids is 1. The molecule has 0 saturated carbocycles. The number of fused-ring (bicyclic) bond motifs is 1. The molecule has 2 aliphatic heterocycles. The molecular formula is C13H16N4O2. The van der Waals surface area contributed by atoms with Gasteiger partial charge in [-0.15, -0.1) is 0 Å². The molecule has 0 aromatic carbocycles. The second kappa shape index (κ2) is 4.53. The quantitative estimate of drug-likeness (QED) is 0.780. The lowest BCUT2D eigenvalue weighted by Crippen LogP contribution is -2.36. The molecule has 0 spiro atoms. The summed E-state index contributed by atoms with van der Waals surface area (Å²) in [7, 11) is 0. The normalized spacial score (nSPS) is 19.2. The Morgan fingerprint density at radius 3 is 3.05 bits per heavy atom. The van der Waals surface area contributed by atoms with Crippen molar-refractivity contribution in [1.82, 2.24) is 10.1 Å². The first-order valence-corrected chi connectivity index (χ1v) is 6.38. The number of hydrogen-bond donors (Lipinski definition) is 1. The molecule has 0 saturated heterocycles. The Hall–Kier alpha value is -2.11. The Morgan fingerprint density at radius 1 is 1.42 bits per heavy atom. The van der Waals surface area contributed by atoms with Crippen LogP contribution < -0.4 is 5.73 Å². The SMILES string of the molecule is Cc1onc2c1CCN=C2C1=C(N)CCN(C=O)C1. The number of aliphatic imine (C=N–C) groups is 1. The Bertz CT molecular complexity index is 585. The Morgan fingerprint density at radius 2 is 2.26 bits per heavy atom. The zero-order chi connectivity index (χ0) is 13.4. The molecule has 100 valence electrons. The van der Waals surface area contributed by atoms with E-state index in [0.717, 1.165) is 46.8 Å². The third-order valence-electron chi connectivity index (χ3n) is 3.69. The minimum Gasteiger partial charge on any atom is -0.402 e. The largest absolute Gasteiger partial charge is 0.402 e. The fraction of sp³-hybridized carbons (Fsp3) is 0.462. The van der Waals surface area contributed by atoms with Crippen molar-refractivity contribution >= 4 is 12.1 Å². The average molecular weight is 260 g/mol. The second-order valence-electron chi connectivity index (χ2n) is 4.88. The first-order chi connectivity index (χ1) is 9.20. The number of nitrogens with zero attached hydrogens (tertiary/aromatic N) is 3. The molecule has 19 heavy (non-hydrogen) atoms. The summed E-state index contributed by atoms with van der Waals surface area (Å²) in [5.74, 6) is 0.838. The highest BCUT2D eigenvalue weighted by Gasteiger charge is 2.28. The van der Waals surface area contributed by atoms with E-state index in [0.29, 0.717) is 26.1 Å². The number of aryl methyl sites for hydroxylation is 1. The molecule has 1 amide bonds. The van der Waals surface area contributed by atoms with E-state index in [1.54, 1.807) is 4.90 Å². The molecule has 0 aliphatic carbocycles. The van der Waals surface area contributed by atoms with Gasteiger partial charge >= 0.3 is 0 Å². The van der Waals surface area contributed by atoms with Gasteiger partial charge in [-0.25, -0.2) is 0 Å². The van der Waals surface area contributed by atoms with Gasteiger partial charge in [0.05, 0.1) is 5.71 Å². The summed E-state index contributed by atoms with van der Waals surface area (Å²) >= 11 is 0. The van der Waals surface area contributed by atoms with E-state index in [-0.39, 0.29) is 0 Å². The third-order valence-corrected chi connectivity index (χ3v) is 3.69. The molecule has 0 fully saturated rings. The smallest absolute Gasteiger partial charge is 0.210 e. The van der Waals surface area contributed by atoms with Crippen LogP contribution in [-0.4, -0.2) is 41.8 Å². The maximum absolute atomic E-state index is 10.9. The van der Waals surface area contributed by atoms with Crippen LogP contribution in [0.15, 0.2) is 20.8 Å². The van der Waals surface area contributed by atoms with Gasteiger partial charge in [-0.2, -0.15) is 0 Å². The van der Waals surface area contributed by atoms with Crippen molar-refractivity contribution in [2.45, 2.75) is 19.8 Å². The average Bonchev–Trinajstić information content (AvgIpc) is 2.81. The minimum atomic E-state index is 0.500. The molecule has 0 radical (unpaired) electrons. The molecule has 3 heterocycles. The Balaban J connectivity index is 2.02. The highest BCUT2D eigenvalue weighted by molar-refractivity contribution is 6.13. The van der Waals surface area contributed by atoms with Gasteiger partial charge in [0.2, 0.25) is 6.41 Å². The monoisotopic (exact) mass is 260 g/mol. The third kappa shape index (κ3) is 1.93. The standard InChI is InChI=1S/C13H16N4O2/c1-8-9-2-4-15-12(13(9)16-19-8)10-6-17(7-18)5-3-11(10)14/h7H,2-6,14H2,1H3. The summed E-state index contributed by atoms with van der Waals surface area (Å²) < 4.78 is 5.25. The van der Waals surface area contributed by atoms with Crippen LogP contribution in [-0.2, 0) is 11.2 Å². The number of rotatable bonds is 2. The number of aromatic nitrogens is 1. The minimum absolute atomic E-state index is 0.500. The van der Waals surface area contributed by atoms with Crippen LogP contribution in [0.3, 0.4) is 0 Å². The lowest BCUT2D eigenvalue weighted by Gasteiger charge is -2.27. The summed E-state index contributed by atoms with van der Waals surface area (Å²) in [6.45, 7) is 3.78. The van der Waals surface area contributed by atoms with E-state index >= 15 is 0 Å². The highest BCUT2D eigenvalue weighted by Crippen LogP contribution is 2.25. The zero-order valence-corrected chi connectivity index (χ0v) is 10.8. The van der Waals surface area contributed by atoms with Gasteiger partial charge in [-0.3, -0.25) is 9.79 Å². The Kier molecular flexibility index (Phi) is 2.85. The summed E-state index contributed by atoms with van der Waals surface area (Å²) in [5.41, 5.74) is 10.5. The fourth-order valence-electron chi connectivity index (χ4n) is 2.58. The number of carbonyl (C=O) groups is 1. The molecule has 3 rings (SSSR count). The second-order valence-corrected chi connectivity index (χ2v) is 4.88. The van der Waals surface area contributed by atoms with Crippen LogP contribution in [0, 0.1) is 6.92 Å². The van der Waals surface area contributed by atoms with Crippen molar-refractivity contribution < 1.29 is 9.32 Å². The van der Waals surface area contributed by atoms with Crippen molar-refractivity contribution in [2.24, 2.45) is 10.7 Å². The van der Waals surface area contributed by atoms with E-state index in [1.807, 2.05) is 6.92 Å². The molecular weight excluding hydrogens is 244 g/mol. The topological polar surface area (TPSA) is 84.7 Å². The van der Waals surface area contributed by atoms with Gasteiger partial charge in [-0.05, 0) is 13.3 Å². The van der Waals surface area contributed by atoms with E-state index < -0.39 is 0 Å². The van der Waals surface area contributed by atoms with Crippen LogP contribution >= 0.6 is 0 Å². The number of hydrogen-bond acceptors (Lipinski definition) is 5. The van der Waals surface area contributed by atoms with Crippen molar-refractivity contribution in [2.75, 3.05) is 19.6 Å². The predicted molar refractivity (Wildman–Crippen MR) is 69.8 cm³/mol. The summed E-state index contributed by atoms with van der Waals surface area (Å²) in [6, 6.07) is 0. The van der Waals surface area contributed by atoms with Gasteiger partial charge in [0.1, 0.15) is 11.5 Å². The van der Waals surface area contributed by atoms with Crippen LogP contribution in [0.1, 0.15) is 23.4 Å². The lowest BCUT2D eigenvalue weighted by molar-refractivity contribution is -0.117. The van der Waals surface area contributed by atoms with Crippen molar-refractivity contribution in [3.05, 3.63) is 28.3 Å². The molecule has 0 unspecified atom stereocenters. The molecule has 6 heteroatoms. The molecule has 0 bridgehead atoms. The molecule has 6 nitrogen and oxygen atoms in total. The maximum atomic E-state index is 10.9. The van der Waals surface area contributed by atoms with Gasteiger partial charge in [0, 0.05) is 42.9 Å². The van der Waals surface area contributed by atoms with Gasteiger partial charge < -0.3 is 15.2 Å². The van der Waals surface area contributed by atoms with Crippen LogP contribution in [0.4, 0.5) is 0 Å². The number of amides is 1. The van der Waals surface area contributed by atoms with Gasteiger partial charge in [-0.1, -0.05) is 5.16 Å². The Labute approximate surface area is 111 Å². The van der Waals surface area contributed by atoms with E-state index in [2.05, 4.69) is 10.1 Å². The first kappa shape index (κ1) is 12.0. The zero-order valence-electron chi connectivity index (χ0n) is 10.8. The maximum Gasteiger partial charge on any atom is 0.210 e. The van der Waals surface area contributed by atoms with Crippen molar-refractivity contribution in [3.63, 3.8) is 0 Å². The molecule has 0 atom stereocenters. The van der Waals surface area contributed by atoms with Crippen molar-refractivity contribution in [3.8, 4) is 0 Å². The molecule has 2 N–H and O–H groups in total. The van der Waals surface area contributed by atoms with Crippen LogP contribution in [0.5, 0.6) is 0 Å². The molecule has 1 aromatic heterocycles. The lowest BCUT2D eigenvalue weighted by atomic mass is 9.94. The van der Waals surface area contributed by atoms with Gasteiger partial charge in [0.25, 0.3) is 0 Å². The van der Waals surface area contributed by atoms with Crippen LogP contribution in [0.25, 0.3) is 0 Å². The molecule has 1 aromatic rings. The van der Waals surface area contributed by atoms with E-state index in [9.17, 15) is 4.79 Å².